The molecule has 0 unspecified atom stereocenters. The molecule has 1 aliphatic rings. The summed E-state index contributed by atoms with van der Waals surface area (Å²) in [6, 6.07) is 0. The molecule has 0 radical (unpaired) electrons. The summed E-state index contributed by atoms with van der Waals surface area (Å²) in [5.74, 6) is 0. The Hall–Kier alpha value is -0.340. The van der Waals surface area contributed by atoms with Crippen molar-refractivity contribution in [2.75, 3.05) is 26.2 Å². The minimum absolute atomic E-state index is 0.295. The lowest BCUT2D eigenvalue weighted by atomic mass is 10.0. The zero-order chi connectivity index (χ0) is 10.6. The highest BCUT2D eigenvalue weighted by atomic mass is 15.2. The van der Waals surface area contributed by atoms with Gasteiger partial charge in [-0.25, -0.2) is 0 Å². The number of piperazine rings is 1. The van der Waals surface area contributed by atoms with Gasteiger partial charge in [0.15, 0.2) is 0 Å². The third-order valence-corrected chi connectivity index (χ3v) is 2.65. The summed E-state index contributed by atoms with van der Waals surface area (Å²) < 4.78 is 0. The second kappa shape index (κ2) is 4.94. The number of rotatable bonds is 3. The summed E-state index contributed by atoms with van der Waals surface area (Å²) in [6.45, 7) is 13.6. The summed E-state index contributed by atoms with van der Waals surface area (Å²) in [6.07, 6.45) is 3.52. The van der Waals surface area contributed by atoms with E-state index in [2.05, 4.69) is 44.0 Å². The van der Waals surface area contributed by atoms with Crippen LogP contribution in [0.4, 0.5) is 0 Å². The van der Waals surface area contributed by atoms with Crippen LogP contribution in [0.1, 0.15) is 34.1 Å². The molecular weight excluding hydrogens is 172 g/mol. The zero-order valence-electron chi connectivity index (χ0n) is 10.1. The van der Waals surface area contributed by atoms with Crippen LogP contribution in [0.2, 0.25) is 0 Å². The molecule has 0 aromatic rings. The SMILES string of the molecule is CC(C)=CCCN1CCNC(C)(C)C1. The molecule has 0 saturated carbocycles. The maximum atomic E-state index is 3.53. The molecule has 0 spiro atoms. The normalized spacial score (nSPS) is 22.0. The number of hydrogen-bond donors (Lipinski definition) is 1. The van der Waals surface area contributed by atoms with E-state index in [0.29, 0.717) is 5.54 Å². The van der Waals surface area contributed by atoms with Crippen molar-refractivity contribution in [3.63, 3.8) is 0 Å². The smallest absolute Gasteiger partial charge is 0.0252 e. The molecule has 0 atom stereocenters. The van der Waals surface area contributed by atoms with Gasteiger partial charge in [0, 0.05) is 31.7 Å². The van der Waals surface area contributed by atoms with E-state index in [1.54, 1.807) is 0 Å². The molecule has 0 aliphatic carbocycles. The summed E-state index contributed by atoms with van der Waals surface area (Å²) in [5, 5.41) is 3.53. The quantitative estimate of drug-likeness (QED) is 0.695. The van der Waals surface area contributed by atoms with Crippen molar-refractivity contribution in [2.45, 2.75) is 39.7 Å². The van der Waals surface area contributed by atoms with Crippen molar-refractivity contribution >= 4 is 0 Å². The minimum atomic E-state index is 0.295. The molecular formula is C12H24N2. The molecule has 1 N–H and O–H groups in total. The van der Waals surface area contributed by atoms with Crippen molar-refractivity contribution in [2.24, 2.45) is 0 Å². The third kappa shape index (κ3) is 4.25. The predicted molar refractivity (Wildman–Crippen MR) is 62.6 cm³/mol. The summed E-state index contributed by atoms with van der Waals surface area (Å²) in [7, 11) is 0. The molecule has 0 aromatic heterocycles. The fourth-order valence-electron chi connectivity index (χ4n) is 1.97. The van der Waals surface area contributed by atoms with Gasteiger partial charge in [0.2, 0.25) is 0 Å². The molecule has 2 nitrogen and oxygen atoms in total. The lowest BCUT2D eigenvalue weighted by Gasteiger charge is -2.39. The number of allylic oxidation sites excluding steroid dienone is 1. The van der Waals surface area contributed by atoms with Crippen LogP contribution in [-0.4, -0.2) is 36.6 Å². The van der Waals surface area contributed by atoms with E-state index in [1.165, 1.54) is 31.6 Å². The molecule has 0 amide bonds. The largest absolute Gasteiger partial charge is 0.309 e. The Bertz CT molecular complexity index is 202. The Morgan fingerprint density at radius 2 is 2.14 bits per heavy atom. The summed E-state index contributed by atoms with van der Waals surface area (Å²) >= 11 is 0. The molecule has 1 heterocycles. The highest BCUT2D eigenvalue weighted by molar-refractivity contribution is 4.94. The fraction of sp³-hybridized carbons (Fsp3) is 0.833. The Labute approximate surface area is 88.4 Å². The zero-order valence-corrected chi connectivity index (χ0v) is 10.1. The van der Waals surface area contributed by atoms with Crippen molar-refractivity contribution in [3.8, 4) is 0 Å². The van der Waals surface area contributed by atoms with E-state index in [4.69, 9.17) is 0 Å². The molecule has 1 aliphatic heterocycles. The second-order valence-corrected chi connectivity index (χ2v) is 5.16. The van der Waals surface area contributed by atoms with Crippen LogP contribution in [0.25, 0.3) is 0 Å². The Balaban J connectivity index is 2.28. The maximum absolute atomic E-state index is 3.53. The van der Waals surface area contributed by atoms with Gasteiger partial charge >= 0.3 is 0 Å². The van der Waals surface area contributed by atoms with Gasteiger partial charge in [0.25, 0.3) is 0 Å². The first-order valence-electron chi connectivity index (χ1n) is 5.60. The van der Waals surface area contributed by atoms with E-state index in [1.807, 2.05) is 0 Å². The van der Waals surface area contributed by atoms with E-state index < -0.39 is 0 Å². The van der Waals surface area contributed by atoms with Gasteiger partial charge in [-0.2, -0.15) is 0 Å². The molecule has 0 aromatic carbocycles. The second-order valence-electron chi connectivity index (χ2n) is 5.16. The Morgan fingerprint density at radius 3 is 2.71 bits per heavy atom. The van der Waals surface area contributed by atoms with Crippen molar-refractivity contribution in [1.29, 1.82) is 0 Å². The predicted octanol–water partition coefficient (Wildman–Crippen LogP) is 2.03. The first-order valence-corrected chi connectivity index (χ1v) is 5.60. The number of nitrogens with zero attached hydrogens (tertiary/aromatic N) is 1. The first-order chi connectivity index (χ1) is 6.49. The van der Waals surface area contributed by atoms with Crippen molar-refractivity contribution in [3.05, 3.63) is 11.6 Å². The monoisotopic (exact) mass is 196 g/mol. The van der Waals surface area contributed by atoms with Gasteiger partial charge in [-0.1, -0.05) is 11.6 Å². The standard InChI is InChI=1S/C12H24N2/c1-11(2)6-5-8-14-9-7-13-12(3,4)10-14/h6,13H,5,7-10H2,1-4H3. The Kier molecular flexibility index (Phi) is 4.14. The first kappa shape index (κ1) is 11.7. The van der Waals surface area contributed by atoms with Gasteiger partial charge in [-0.05, 0) is 34.1 Å². The third-order valence-electron chi connectivity index (χ3n) is 2.65. The molecule has 1 rings (SSSR count). The van der Waals surface area contributed by atoms with Gasteiger partial charge in [-0.15, -0.1) is 0 Å². The maximum Gasteiger partial charge on any atom is 0.0252 e. The van der Waals surface area contributed by atoms with Gasteiger partial charge < -0.3 is 5.32 Å². The molecule has 14 heavy (non-hydrogen) atoms. The van der Waals surface area contributed by atoms with Crippen molar-refractivity contribution in [1.82, 2.24) is 10.2 Å². The lowest BCUT2D eigenvalue weighted by Crippen LogP contribution is -2.56. The average Bonchev–Trinajstić information content (AvgIpc) is 2.01. The van der Waals surface area contributed by atoms with Crippen molar-refractivity contribution < 1.29 is 0 Å². The topological polar surface area (TPSA) is 15.3 Å². The molecule has 1 fully saturated rings. The van der Waals surface area contributed by atoms with Crippen LogP contribution in [0.5, 0.6) is 0 Å². The fourth-order valence-corrected chi connectivity index (χ4v) is 1.97. The van der Waals surface area contributed by atoms with Crippen LogP contribution in [0.3, 0.4) is 0 Å². The van der Waals surface area contributed by atoms with Crippen LogP contribution in [-0.2, 0) is 0 Å². The molecule has 2 heteroatoms. The van der Waals surface area contributed by atoms with Gasteiger partial charge in [0.05, 0.1) is 0 Å². The highest BCUT2D eigenvalue weighted by Crippen LogP contribution is 2.10. The van der Waals surface area contributed by atoms with E-state index in [0.717, 1.165) is 6.54 Å². The Morgan fingerprint density at radius 1 is 1.43 bits per heavy atom. The van der Waals surface area contributed by atoms with Crippen LogP contribution < -0.4 is 5.32 Å². The number of nitrogens with one attached hydrogen (secondary N) is 1. The summed E-state index contributed by atoms with van der Waals surface area (Å²) in [5.41, 5.74) is 1.72. The minimum Gasteiger partial charge on any atom is -0.309 e. The number of hydrogen-bond acceptors (Lipinski definition) is 2. The highest BCUT2D eigenvalue weighted by Gasteiger charge is 2.24. The molecule has 0 bridgehead atoms. The molecule has 82 valence electrons. The lowest BCUT2D eigenvalue weighted by molar-refractivity contribution is 0.157. The van der Waals surface area contributed by atoms with E-state index in [9.17, 15) is 0 Å². The van der Waals surface area contributed by atoms with Crippen LogP contribution in [0.15, 0.2) is 11.6 Å². The van der Waals surface area contributed by atoms with Gasteiger partial charge in [0.1, 0.15) is 0 Å². The summed E-state index contributed by atoms with van der Waals surface area (Å²) in [4.78, 5) is 2.55. The van der Waals surface area contributed by atoms with Crippen LogP contribution >= 0.6 is 0 Å². The molecule has 1 saturated heterocycles. The van der Waals surface area contributed by atoms with E-state index in [-0.39, 0.29) is 0 Å². The van der Waals surface area contributed by atoms with E-state index >= 15 is 0 Å². The van der Waals surface area contributed by atoms with Crippen LogP contribution in [0, 0.1) is 0 Å². The average molecular weight is 196 g/mol. The van der Waals surface area contributed by atoms with Gasteiger partial charge in [-0.3, -0.25) is 4.90 Å².